The van der Waals surface area contributed by atoms with Gasteiger partial charge < -0.3 is 19.5 Å². The molecule has 1 N–H and O–H groups in total. The largest absolute Gasteiger partial charge is 0.497 e. The zero-order valence-corrected chi connectivity index (χ0v) is 16.4. The molecule has 2 rings (SSSR count). The van der Waals surface area contributed by atoms with Crippen LogP contribution in [0.15, 0.2) is 48.5 Å². The highest BCUT2D eigenvalue weighted by Gasteiger charge is 2.05. The maximum absolute atomic E-state index is 11.7. The molecule has 0 spiro atoms. The van der Waals surface area contributed by atoms with Gasteiger partial charge in [-0.25, -0.2) is 4.79 Å². The number of esters is 1. The van der Waals surface area contributed by atoms with Crippen LogP contribution in [0, 0.1) is 13.8 Å². The highest BCUT2D eigenvalue weighted by atomic mass is 16.5. The van der Waals surface area contributed by atoms with Crippen LogP contribution in [0.2, 0.25) is 0 Å². The highest BCUT2D eigenvalue weighted by molar-refractivity contribution is 5.89. The number of hydrogen-bond acceptors (Lipinski definition) is 5. The highest BCUT2D eigenvalue weighted by Crippen LogP contribution is 2.18. The number of rotatable bonds is 9. The molecule has 2 aromatic carbocycles. The van der Waals surface area contributed by atoms with Gasteiger partial charge in [-0.05, 0) is 49.2 Å². The molecule has 0 aliphatic carbocycles. The van der Waals surface area contributed by atoms with Crippen LogP contribution in [0.4, 0.5) is 0 Å². The normalized spacial score (nSPS) is 10.5. The van der Waals surface area contributed by atoms with Gasteiger partial charge in [-0.2, -0.15) is 0 Å². The molecule has 0 saturated heterocycles. The molecule has 0 aliphatic rings. The van der Waals surface area contributed by atoms with E-state index < -0.39 is 5.97 Å². The Kier molecular flexibility index (Phi) is 8.09. The summed E-state index contributed by atoms with van der Waals surface area (Å²) in [5.74, 6) is 0.503. The topological polar surface area (TPSA) is 73.9 Å². The molecule has 0 heterocycles. The molecule has 148 valence electrons. The molecule has 0 unspecified atom stereocenters. The van der Waals surface area contributed by atoms with Crippen LogP contribution in [-0.2, 0) is 14.3 Å². The number of benzene rings is 2. The van der Waals surface area contributed by atoms with Crippen molar-refractivity contribution in [2.24, 2.45) is 0 Å². The lowest BCUT2D eigenvalue weighted by Crippen LogP contribution is -2.32. The maximum atomic E-state index is 11.7. The van der Waals surface area contributed by atoms with Crippen LogP contribution in [-0.4, -0.2) is 38.7 Å². The minimum Gasteiger partial charge on any atom is -0.497 e. The van der Waals surface area contributed by atoms with Crippen molar-refractivity contribution in [1.82, 2.24) is 5.32 Å². The second-order valence-corrected chi connectivity index (χ2v) is 6.19. The SMILES string of the molecule is COc1cccc(/C=C/C(=O)OCC(=O)NCCOc2ccc(C)cc2C)c1. The lowest BCUT2D eigenvalue weighted by molar-refractivity contribution is -0.143. The van der Waals surface area contributed by atoms with Crippen molar-refractivity contribution in [3.63, 3.8) is 0 Å². The summed E-state index contributed by atoms with van der Waals surface area (Å²) in [7, 11) is 1.57. The Morgan fingerprint density at radius 2 is 1.93 bits per heavy atom. The van der Waals surface area contributed by atoms with E-state index in [1.165, 1.54) is 11.6 Å². The van der Waals surface area contributed by atoms with Gasteiger partial charge in [0, 0.05) is 6.08 Å². The number of carbonyl (C=O) groups excluding carboxylic acids is 2. The molecule has 1 amide bonds. The third kappa shape index (κ3) is 7.15. The summed E-state index contributed by atoms with van der Waals surface area (Å²) in [5.41, 5.74) is 3.01. The fourth-order valence-corrected chi connectivity index (χ4v) is 2.46. The van der Waals surface area contributed by atoms with Gasteiger partial charge in [0.15, 0.2) is 6.61 Å². The standard InChI is InChI=1S/C22H25NO5/c1-16-7-9-20(17(2)13-16)27-12-11-23-21(24)15-28-22(25)10-8-18-5-4-6-19(14-18)26-3/h4-10,13-14H,11-12,15H2,1-3H3,(H,23,24)/b10-8+. The Labute approximate surface area is 165 Å². The number of ether oxygens (including phenoxy) is 3. The third-order valence-electron chi connectivity index (χ3n) is 3.86. The molecule has 28 heavy (non-hydrogen) atoms. The van der Waals surface area contributed by atoms with Gasteiger partial charge in [-0.1, -0.05) is 29.8 Å². The van der Waals surface area contributed by atoms with E-state index in [2.05, 4.69) is 5.32 Å². The summed E-state index contributed by atoms with van der Waals surface area (Å²) in [6.07, 6.45) is 2.87. The lowest BCUT2D eigenvalue weighted by Gasteiger charge is -2.10. The fraction of sp³-hybridized carbons (Fsp3) is 0.273. The number of aryl methyl sites for hydroxylation is 2. The number of carbonyl (C=O) groups is 2. The van der Waals surface area contributed by atoms with E-state index in [9.17, 15) is 9.59 Å². The molecule has 0 atom stereocenters. The zero-order valence-electron chi connectivity index (χ0n) is 16.4. The molecule has 6 nitrogen and oxygen atoms in total. The van der Waals surface area contributed by atoms with Crippen molar-refractivity contribution in [3.8, 4) is 11.5 Å². The Bertz CT molecular complexity index is 845. The quantitative estimate of drug-likeness (QED) is 0.409. The Morgan fingerprint density at radius 1 is 1.11 bits per heavy atom. The van der Waals surface area contributed by atoms with Crippen LogP contribution in [0.5, 0.6) is 11.5 Å². The van der Waals surface area contributed by atoms with Crippen LogP contribution in [0.3, 0.4) is 0 Å². The molecule has 0 saturated carbocycles. The van der Waals surface area contributed by atoms with Gasteiger partial charge >= 0.3 is 5.97 Å². The van der Waals surface area contributed by atoms with Gasteiger partial charge in [0.1, 0.15) is 18.1 Å². The first-order valence-electron chi connectivity index (χ1n) is 8.93. The monoisotopic (exact) mass is 383 g/mol. The van der Waals surface area contributed by atoms with E-state index in [0.717, 1.165) is 16.9 Å². The third-order valence-corrected chi connectivity index (χ3v) is 3.86. The average molecular weight is 383 g/mol. The summed E-state index contributed by atoms with van der Waals surface area (Å²) < 4.78 is 15.7. The van der Waals surface area contributed by atoms with Crippen LogP contribution in [0.1, 0.15) is 16.7 Å². The summed E-state index contributed by atoms with van der Waals surface area (Å²) in [6.45, 7) is 4.30. The molecule has 0 aliphatic heterocycles. The first kappa shape index (κ1) is 21.0. The predicted octanol–water partition coefficient (Wildman–Crippen LogP) is 3.06. The van der Waals surface area contributed by atoms with Crippen molar-refractivity contribution >= 4 is 18.0 Å². The van der Waals surface area contributed by atoms with Crippen molar-refractivity contribution in [3.05, 3.63) is 65.2 Å². The van der Waals surface area contributed by atoms with Crippen LogP contribution in [0.25, 0.3) is 6.08 Å². The molecular formula is C22H25NO5. The van der Waals surface area contributed by atoms with E-state index in [1.807, 2.05) is 50.2 Å². The fourth-order valence-electron chi connectivity index (χ4n) is 2.46. The number of nitrogens with one attached hydrogen (secondary N) is 1. The molecule has 0 radical (unpaired) electrons. The predicted molar refractivity (Wildman–Crippen MR) is 107 cm³/mol. The number of methoxy groups -OCH3 is 1. The second kappa shape index (κ2) is 10.8. The molecular weight excluding hydrogens is 358 g/mol. The summed E-state index contributed by atoms with van der Waals surface area (Å²) in [5, 5.41) is 2.65. The van der Waals surface area contributed by atoms with Crippen LogP contribution >= 0.6 is 0 Å². The molecule has 0 aromatic heterocycles. The average Bonchev–Trinajstić information content (AvgIpc) is 2.69. The van der Waals surface area contributed by atoms with Gasteiger partial charge in [0.05, 0.1) is 13.7 Å². The first-order chi connectivity index (χ1) is 13.5. The molecule has 0 fully saturated rings. The molecule has 6 heteroatoms. The van der Waals surface area contributed by atoms with Crippen molar-refractivity contribution in [2.75, 3.05) is 26.9 Å². The molecule has 2 aromatic rings. The van der Waals surface area contributed by atoms with Crippen molar-refractivity contribution in [1.29, 1.82) is 0 Å². The lowest BCUT2D eigenvalue weighted by atomic mass is 10.1. The van der Waals surface area contributed by atoms with Gasteiger partial charge in [-0.3, -0.25) is 4.79 Å². The maximum Gasteiger partial charge on any atom is 0.331 e. The zero-order chi connectivity index (χ0) is 20.4. The van der Waals surface area contributed by atoms with Crippen LogP contribution < -0.4 is 14.8 Å². The Hall–Kier alpha value is -3.28. The van der Waals surface area contributed by atoms with E-state index in [4.69, 9.17) is 14.2 Å². The summed E-state index contributed by atoms with van der Waals surface area (Å²) >= 11 is 0. The Morgan fingerprint density at radius 3 is 2.68 bits per heavy atom. The number of hydrogen-bond donors (Lipinski definition) is 1. The second-order valence-electron chi connectivity index (χ2n) is 6.19. The van der Waals surface area contributed by atoms with Gasteiger partial charge in [-0.15, -0.1) is 0 Å². The van der Waals surface area contributed by atoms with Crippen molar-refractivity contribution < 1.29 is 23.8 Å². The van der Waals surface area contributed by atoms with Gasteiger partial charge in [0.25, 0.3) is 5.91 Å². The van der Waals surface area contributed by atoms with E-state index in [0.29, 0.717) is 18.9 Å². The van der Waals surface area contributed by atoms with Crippen molar-refractivity contribution in [2.45, 2.75) is 13.8 Å². The summed E-state index contributed by atoms with van der Waals surface area (Å²) in [6, 6.07) is 13.1. The minimum absolute atomic E-state index is 0.323. The smallest absolute Gasteiger partial charge is 0.331 e. The Balaban J connectivity index is 1.66. The van der Waals surface area contributed by atoms with E-state index in [1.54, 1.807) is 19.3 Å². The minimum atomic E-state index is -0.593. The van der Waals surface area contributed by atoms with E-state index >= 15 is 0 Å². The van der Waals surface area contributed by atoms with Gasteiger partial charge in [0.2, 0.25) is 0 Å². The van der Waals surface area contributed by atoms with E-state index in [-0.39, 0.29) is 12.5 Å². The number of amides is 1. The summed E-state index contributed by atoms with van der Waals surface area (Å²) in [4.78, 5) is 23.5. The molecule has 0 bridgehead atoms. The first-order valence-corrected chi connectivity index (χ1v) is 8.93.